The molecule has 1 heterocycles. The highest BCUT2D eigenvalue weighted by Crippen LogP contribution is 2.09. The van der Waals surface area contributed by atoms with Crippen molar-refractivity contribution >= 4 is 5.82 Å². The van der Waals surface area contributed by atoms with Gasteiger partial charge in [0.2, 0.25) is 0 Å². The summed E-state index contributed by atoms with van der Waals surface area (Å²) in [5, 5.41) is 11.1. The van der Waals surface area contributed by atoms with Gasteiger partial charge in [-0.2, -0.15) is 5.10 Å². The Morgan fingerprint density at radius 2 is 2.08 bits per heavy atom. The maximum absolute atomic E-state index is 5.57. The van der Waals surface area contributed by atoms with Crippen LogP contribution in [0.5, 0.6) is 0 Å². The monoisotopic (exact) mass is 180 g/mol. The molecule has 1 aromatic heterocycles. The zero-order valence-electron chi connectivity index (χ0n) is 8.33. The molecule has 0 aliphatic heterocycles. The van der Waals surface area contributed by atoms with Crippen LogP contribution in [-0.4, -0.2) is 22.3 Å². The van der Waals surface area contributed by atoms with E-state index in [9.17, 15) is 0 Å². The molecule has 4 heteroatoms. The Hall–Kier alpha value is -1.16. The maximum Gasteiger partial charge on any atom is 0.149 e. The smallest absolute Gasteiger partial charge is 0.149 e. The molecular formula is C9H16N4. The minimum atomic E-state index is -0.135. The molecule has 0 saturated heterocycles. The van der Waals surface area contributed by atoms with Crippen molar-refractivity contribution in [3.05, 3.63) is 17.8 Å². The van der Waals surface area contributed by atoms with Crippen molar-refractivity contribution in [3.8, 4) is 0 Å². The minimum Gasteiger partial charge on any atom is -0.362 e. The molecule has 0 aliphatic carbocycles. The Bertz CT molecular complexity index is 265. The van der Waals surface area contributed by atoms with Crippen LogP contribution in [0.1, 0.15) is 19.5 Å². The van der Waals surface area contributed by atoms with Crippen LogP contribution in [0.4, 0.5) is 5.82 Å². The van der Waals surface area contributed by atoms with Crippen LogP contribution in [0.15, 0.2) is 12.1 Å². The van der Waals surface area contributed by atoms with Gasteiger partial charge in [-0.15, -0.1) is 5.10 Å². The van der Waals surface area contributed by atoms with E-state index in [2.05, 4.69) is 15.5 Å². The van der Waals surface area contributed by atoms with Crippen molar-refractivity contribution < 1.29 is 0 Å². The molecule has 0 atom stereocenters. The second-order valence-electron chi connectivity index (χ2n) is 3.77. The predicted molar refractivity (Wildman–Crippen MR) is 53.5 cm³/mol. The van der Waals surface area contributed by atoms with Gasteiger partial charge in [0.15, 0.2) is 0 Å². The van der Waals surface area contributed by atoms with E-state index in [1.165, 1.54) is 0 Å². The molecule has 72 valence electrons. The number of aromatic nitrogens is 2. The largest absolute Gasteiger partial charge is 0.362 e. The summed E-state index contributed by atoms with van der Waals surface area (Å²) in [6.45, 7) is 6.51. The zero-order chi connectivity index (χ0) is 9.90. The highest BCUT2D eigenvalue weighted by Gasteiger charge is 2.14. The standard InChI is InChI=1S/C9H16N4/c1-7-4-5-8(13-12-7)11-9(2,3)6-10/h4-5H,6,10H2,1-3H3,(H,11,13). The van der Waals surface area contributed by atoms with E-state index in [-0.39, 0.29) is 5.54 Å². The Labute approximate surface area is 78.6 Å². The molecule has 0 fully saturated rings. The number of nitrogens with two attached hydrogens (primary N) is 1. The van der Waals surface area contributed by atoms with E-state index in [1.54, 1.807) is 0 Å². The van der Waals surface area contributed by atoms with Gasteiger partial charge >= 0.3 is 0 Å². The third-order valence-electron chi connectivity index (χ3n) is 1.77. The van der Waals surface area contributed by atoms with Gasteiger partial charge in [-0.3, -0.25) is 0 Å². The van der Waals surface area contributed by atoms with Crippen molar-refractivity contribution in [3.63, 3.8) is 0 Å². The van der Waals surface area contributed by atoms with Gasteiger partial charge in [-0.1, -0.05) is 0 Å². The van der Waals surface area contributed by atoms with Crippen LogP contribution >= 0.6 is 0 Å². The molecule has 0 unspecified atom stereocenters. The summed E-state index contributed by atoms with van der Waals surface area (Å²) >= 11 is 0. The minimum absolute atomic E-state index is 0.135. The van der Waals surface area contributed by atoms with Gasteiger partial charge in [0.05, 0.1) is 5.69 Å². The number of hydrogen-bond donors (Lipinski definition) is 2. The molecule has 1 aromatic rings. The van der Waals surface area contributed by atoms with Crippen LogP contribution in [0, 0.1) is 6.92 Å². The Morgan fingerprint density at radius 3 is 2.54 bits per heavy atom. The molecule has 1 rings (SSSR count). The van der Waals surface area contributed by atoms with Crippen LogP contribution in [0.2, 0.25) is 0 Å². The fourth-order valence-corrected chi connectivity index (χ4v) is 0.863. The second kappa shape index (κ2) is 3.70. The number of nitrogens with one attached hydrogen (secondary N) is 1. The summed E-state index contributed by atoms with van der Waals surface area (Å²) in [7, 11) is 0. The van der Waals surface area contributed by atoms with Crippen molar-refractivity contribution in [2.75, 3.05) is 11.9 Å². The van der Waals surface area contributed by atoms with Gasteiger partial charge in [0.25, 0.3) is 0 Å². The van der Waals surface area contributed by atoms with Crippen LogP contribution in [-0.2, 0) is 0 Å². The number of nitrogens with zero attached hydrogens (tertiary/aromatic N) is 2. The average Bonchev–Trinajstić information content (AvgIpc) is 2.09. The molecule has 0 amide bonds. The number of aryl methyl sites for hydroxylation is 1. The van der Waals surface area contributed by atoms with E-state index in [0.29, 0.717) is 6.54 Å². The summed E-state index contributed by atoms with van der Waals surface area (Å²) in [4.78, 5) is 0. The van der Waals surface area contributed by atoms with Gasteiger partial charge in [0, 0.05) is 12.1 Å². The molecule has 13 heavy (non-hydrogen) atoms. The highest BCUT2D eigenvalue weighted by molar-refractivity contribution is 5.35. The van der Waals surface area contributed by atoms with Crippen LogP contribution < -0.4 is 11.1 Å². The van der Waals surface area contributed by atoms with Crippen molar-refractivity contribution in [2.24, 2.45) is 5.73 Å². The average molecular weight is 180 g/mol. The van der Waals surface area contributed by atoms with Gasteiger partial charge in [-0.05, 0) is 32.9 Å². The van der Waals surface area contributed by atoms with E-state index in [1.807, 2.05) is 32.9 Å². The highest BCUT2D eigenvalue weighted by atomic mass is 15.2. The fraction of sp³-hybridized carbons (Fsp3) is 0.556. The molecule has 3 N–H and O–H groups in total. The lowest BCUT2D eigenvalue weighted by atomic mass is 10.1. The zero-order valence-corrected chi connectivity index (χ0v) is 8.33. The van der Waals surface area contributed by atoms with Crippen molar-refractivity contribution in [2.45, 2.75) is 26.3 Å². The maximum atomic E-state index is 5.57. The fourth-order valence-electron chi connectivity index (χ4n) is 0.863. The van der Waals surface area contributed by atoms with E-state index < -0.39 is 0 Å². The van der Waals surface area contributed by atoms with Crippen molar-refractivity contribution in [1.29, 1.82) is 0 Å². The Kier molecular flexibility index (Phi) is 2.83. The first-order valence-electron chi connectivity index (χ1n) is 4.32. The molecule has 0 radical (unpaired) electrons. The van der Waals surface area contributed by atoms with Gasteiger partial charge < -0.3 is 11.1 Å². The number of rotatable bonds is 3. The molecule has 0 bridgehead atoms. The van der Waals surface area contributed by atoms with Crippen molar-refractivity contribution in [1.82, 2.24) is 10.2 Å². The second-order valence-corrected chi connectivity index (χ2v) is 3.77. The summed E-state index contributed by atoms with van der Waals surface area (Å²) in [5.74, 6) is 0.765. The lowest BCUT2D eigenvalue weighted by Crippen LogP contribution is -2.39. The van der Waals surface area contributed by atoms with Gasteiger partial charge in [0.1, 0.15) is 5.82 Å². The topological polar surface area (TPSA) is 63.8 Å². The molecule has 0 spiro atoms. The quantitative estimate of drug-likeness (QED) is 0.726. The Morgan fingerprint density at radius 1 is 1.38 bits per heavy atom. The number of anilines is 1. The van der Waals surface area contributed by atoms with Crippen LogP contribution in [0.3, 0.4) is 0 Å². The van der Waals surface area contributed by atoms with Crippen LogP contribution in [0.25, 0.3) is 0 Å². The molecule has 4 nitrogen and oxygen atoms in total. The summed E-state index contributed by atoms with van der Waals surface area (Å²) < 4.78 is 0. The van der Waals surface area contributed by atoms with E-state index >= 15 is 0 Å². The third kappa shape index (κ3) is 2.99. The van der Waals surface area contributed by atoms with E-state index in [0.717, 1.165) is 11.5 Å². The first kappa shape index (κ1) is 9.92. The Balaban J connectivity index is 2.69. The predicted octanol–water partition coefficient (Wildman–Crippen LogP) is 0.934. The summed E-state index contributed by atoms with van der Waals surface area (Å²) in [6, 6.07) is 3.82. The normalized spacial score (nSPS) is 11.4. The summed E-state index contributed by atoms with van der Waals surface area (Å²) in [5.41, 5.74) is 6.35. The molecule has 0 saturated carbocycles. The number of hydrogen-bond acceptors (Lipinski definition) is 4. The lowest BCUT2D eigenvalue weighted by molar-refractivity contribution is 0.575. The molecular weight excluding hydrogens is 164 g/mol. The molecule has 0 aromatic carbocycles. The third-order valence-corrected chi connectivity index (χ3v) is 1.77. The lowest BCUT2D eigenvalue weighted by Gasteiger charge is -2.24. The van der Waals surface area contributed by atoms with E-state index in [4.69, 9.17) is 5.73 Å². The summed E-state index contributed by atoms with van der Waals surface area (Å²) in [6.07, 6.45) is 0. The first-order chi connectivity index (χ1) is 6.03. The SMILES string of the molecule is Cc1ccc(NC(C)(C)CN)nn1. The first-order valence-corrected chi connectivity index (χ1v) is 4.32. The van der Waals surface area contributed by atoms with Gasteiger partial charge in [-0.25, -0.2) is 0 Å². The molecule has 0 aliphatic rings.